The van der Waals surface area contributed by atoms with Gasteiger partial charge in [-0.25, -0.2) is 0 Å². The third kappa shape index (κ3) is 4.33. The fourth-order valence-corrected chi connectivity index (χ4v) is 2.37. The van der Waals surface area contributed by atoms with Crippen LogP contribution < -0.4 is 5.73 Å². The minimum absolute atomic E-state index is 0.113. The molecule has 2 N–H and O–H groups in total. The van der Waals surface area contributed by atoms with Gasteiger partial charge in [-0.3, -0.25) is 4.79 Å². The SMILES string of the molecule is NCCC(=O)N(Cc1ccccc1)CC1CCCO1. The fraction of sp³-hybridized carbons (Fsp3) is 0.533. The van der Waals surface area contributed by atoms with Crippen molar-refractivity contribution in [2.24, 2.45) is 5.73 Å². The van der Waals surface area contributed by atoms with E-state index in [9.17, 15) is 4.79 Å². The van der Waals surface area contributed by atoms with Crippen molar-refractivity contribution in [2.45, 2.75) is 31.9 Å². The highest BCUT2D eigenvalue weighted by molar-refractivity contribution is 5.76. The zero-order valence-corrected chi connectivity index (χ0v) is 11.3. The van der Waals surface area contributed by atoms with E-state index in [0.717, 1.165) is 25.0 Å². The molecule has 1 fully saturated rings. The van der Waals surface area contributed by atoms with E-state index in [1.807, 2.05) is 35.2 Å². The van der Waals surface area contributed by atoms with Crippen molar-refractivity contribution in [1.82, 2.24) is 4.90 Å². The number of nitrogens with zero attached hydrogens (tertiary/aromatic N) is 1. The lowest BCUT2D eigenvalue weighted by Crippen LogP contribution is -2.37. The van der Waals surface area contributed by atoms with Gasteiger partial charge in [-0.05, 0) is 18.4 Å². The maximum atomic E-state index is 12.1. The molecule has 0 radical (unpaired) electrons. The molecule has 1 aliphatic rings. The van der Waals surface area contributed by atoms with Crippen LogP contribution >= 0.6 is 0 Å². The van der Waals surface area contributed by atoms with Crippen molar-refractivity contribution in [3.8, 4) is 0 Å². The molecule has 1 saturated heterocycles. The predicted octanol–water partition coefficient (Wildman–Crippen LogP) is 1.54. The molecule has 1 atom stereocenters. The first-order chi connectivity index (χ1) is 9.29. The Hall–Kier alpha value is -1.39. The number of rotatable bonds is 6. The molecule has 1 heterocycles. The normalized spacial score (nSPS) is 18.5. The molecule has 0 saturated carbocycles. The number of nitrogens with two attached hydrogens (primary N) is 1. The molecule has 0 spiro atoms. The van der Waals surface area contributed by atoms with Crippen LogP contribution in [0.3, 0.4) is 0 Å². The Morgan fingerprint density at radius 3 is 2.79 bits per heavy atom. The highest BCUT2D eigenvalue weighted by atomic mass is 16.5. The van der Waals surface area contributed by atoms with E-state index in [4.69, 9.17) is 10.5 Å². The monoisotopic (exact) mass is 262 g/mol. The number of amides is 1. The summed E-state index contributed by atoms with van der Waals surface area (Å²) in [6.45, 7) is 2.53. The maximum Gasteiger partial charge on any atom is 0.224 e. The maximum absolute atomic E-state index is 12.1. The van der Waals surface area contributed by atoms with Crippen LogP contribution in [0.2, 0.25) is 0 Å². The summed E-state index contributed by atoms with van der Waals surface area (Å²) in [7, 11) is 0. The highest BCUT2D eigenvalue weighted by Crippen LogP contribution is 2.15. The van der Waals surface area contributed by atoms with Crippen LogP contribution in [-0.4, -0.2) is 36.6 Å². The average Bonchev–Trinajstić information content (AvgIpc) is 2.92. The van der Waals surface area contributed by atoms with Crippen LogP contribution in [0.15, 0.2) is 30.3 Å². The summed E-state index contributed by atoms with van der Waals surface area (Å²) in [6, 6.07) is 10.0. The molecule has 0 aliphatic carbocycles. The Bertz CT molecular complexity index is 388. The van der Waals surface area contributed by atoms with Gasteiger partial charge in [0.15, 0.2) is 0 Å². The molecule has 1 aromatic carbocycles. The zero-order valence-electron chi connectivity index (χ0n) is 11.3. The van der Waals surface area contributed by atoms with Crippen LogP contribution in [0.5, 0.6) is 0 Å². The number of hydrogen-bond donors (Lipinski definition) is 1. The van der Waals surface area contributed by atoms with Crippen LogP contribution in [0, 0.1) is 0 Å². The van der Waals surface area contributed by atoms with Crippen molar-refractivity contribution in [3.05, 3.63) is 35.9 Å². The van der Waals surface area contributed by atoms with Gasteiger partial charge in [0.1, 0.15) is 0 Å². The topological polar surface area (TPSA) is 55.6 Å². The second kappa shape index (κ2) is 7.26. The summed E-state index contributed by atoms with van der Waals surface area (Å²) < 4.78 is 5.62. The Labute approximate surface area is 114 Å². The summed E-state index contributed by atoms with van der Waals surface area (Å²) in [5.41, 5.74) is 6.63. The Morgan fingerprint density at radius 1 is 1.37 bits per heavy atom. The molecule has 104 valence electrons. The summed E-state index contributed by atoms with van der Waals surface area (Å²) in [6.07, 6.45) is 2.72. The smallest absolute Gasteiger partial charge is 0.224 e. The molecule has 1 aromatic rings. The average molecular weight is 262 g/mol. The van der Waals surface area contributed by atoms with E-state index >= 15 is 0 Å². The van der Waals surface area contributed by atoms with E-state index in [2.05, 4.69) is 0 Å². The van der Waals surface area contributed by atoms with E-state index in [1.165, 1.54) is 0 Å². The largest absolute Gasteiger partial charge is 0.376 e. The van der Waals surface area contributed by atoms with E-state index in [1.54, 1.807) is 0 Å². The number of carbonyl (C=O) groups excluding carboxylic acids is 1. The molecule has 1 aliphatic heterocycles. The van der Waals surface area contributed by atoms with Crippen molar-refractivity contribution in [3.63, 3.8) is 0 Å². The molecule has 4 nitrogen and oxygen atoms in total. The number of benzene rings is 1. The molecule has 1 unspecified atom stereocenters. The molecule has 0 bridgehead atoms. The van der Waals surface area contributed by atoms with Crippen LogP contribution in [0.25, 0.3) is 0 Å². The third-order valence-corrected chi connectivity index (χ3v) is 3.38. The second-order valence-electron chi connectivity index (χ2n) is 4.93. The molecule has 1 amide bonds. The minimum atomic E-state index is 0.113. The van der Waals surface area contributed by atoms with Crippen LogP contribution in [-0.2, 0) is 16.1 Å². The molecule has 4 heteroatoms. The molecule has 0 aromatic heterocycles. The van der Waals surface area contributed by atoms with Gasteiger partial charge < -0.3 is 15.4 Å². The first kappa shape index (κ1) is 14.0. The Kier molecular flexibility index (Phi) is 5.36. The van der Waals surface area contributed by atoms with Gasteiger partial charge in [0.2, 0.25) is 5.91 Å². The quantitative estimate of drug-likeness (QED) is 0.846. The molecular weight excluding hydrogens is 240 g/mol. The minimum Gasteiger partial charge on any atom is -0.376 e. The summed E-state index contributed by atoms with van der Waals surface area (Å²) in [5, 5.41) is 0. The van der Waals surface area contributed by atoms with Crippen LogP contribution in [0.4, 0.5) is 0 Å². The van der Waals surface area contributed by atoms with Crippen molar-refractivity contribution < 1.29 is 9.53 Å². The predicted molar refractivity (Wildman–Crippen MR) is 74.5 cm³/mol. The van der Waals surface area contributed by atoms with E-state index in [-0.39, 0.29) is 12.0 Å². The van der Waals surface area contributed by atoms with Gasteiger partial charge in [-0.15, -0.1) is 0 Å². The van der Waals surface area contributed by atoms with E-state index < -0.39 is 0 Å². The highest BCUT2D eigenvalue weighted by Gasteiger charge is 2.22. The van der Waals surface area contributed by atoms with Gasteiger partial charge in [0.25, 0.3) is 0 Å². The fourth-order valence-electron chi connectivity index (χ4n) is 2.37. The first-order valence-electron chi connectivity index (χ1n) is 6.93. The Balaban J connectivity index is 1.98. The zero-order chi connectivity index (χ0) is 13.5. The lowest BCUT2D eigenvalue weighted by molar-refractivity contribution is -0.133. The van der Waals surface area contributed by atoms with Crippen molar-refractivity contribution >= 4 is 5.91 Å². The lowest BCUT2D eigenvalue weighted by Gasteiger charge is -2.25. The van der Waals surface area contributed by atoms with Gasteiger partial charge in [0.05, 0.1) is 6.10 Å². The number of ether oxygens (including phenoxy) is 1. The molecule has 2 rings (SSSR count). The Morgan fingerprint density at radius 2 is 2.16 bits per heavy atom. The first-order valence-corrected chi connectivity index (χ1v) is 6.93. The van der Waals surface area contributed by atoms with E-state index in [0.29, 0.717) is 26.1 Å². The van der Waals surface area contributed by atoms with Gasteiger partial charge in [-0.2, -0.15) is 0 Å². The second-order valence-corrected chi connectivity index (χ2v) is 4.93. The standard InChI is InChI=1S/C15H22N2O2/c16-9-8-15(18)17(12-14-7-4-10-19-14)11-13-5-2-1-3-6-13/h1-3,5-6,14H,4,7-12,16H2. The third-order valence-electron chi connectivity index (χ3n) is 3.38. The van der Waals surface area contributed by atoms with Crippen molar-refractivity contribution in [1.29, 1.82) is 0 Å². The summed E-state index contributed by atoms with van der Waals surface area (Å²) in [4.78, 5) is 14.0. The lowest BCUT2D eigenvalue weighted by atomic mass is 10.1. The van der Waals surface area contributed by atoms with Crippen LogP contribution in [0.1, 0.15) is 24.8 Å². The number of hydrogen-bond acceptors (Lipinski definition) is 3. The van der Waals surface area contributed by atoms with Gasteiger partial charge in [0, 0.05) is 32.7 Å². The summed E-state index contributed by atoms with van der Waals surface area (Å²) >= 11 is 0. The molecular formula is C15H22N2O2. The van der Waals surface area contributed by atoms with Gasteiger partial charge in [-0.1, -0.05) is 30.3 Å². The van der Waals surface area contributed by atoms with Crippen molar-refractivity contribution in [2.75, 3.05) is 19.7 Å². The summed E-state index contributed by atoms with van der Waals surface area (Å²) in [5.74, 6) is 0.113. The van der Waals surface area contributed by atoms with Gasteiger partial charge >= 0.3 is 0 Å². The molecule has 19 heavy (non-hydrogen) atoms. The number of carbonyl (C=O) groups is 1.